The van der Waals surface area contributed by atoms with Crippen molar-refractivity contribution in [1.29, 1.82) is 0 Å². The first kappa shape index (κ1) is 13.9. The lowest BCUT2D eigenvalue weighted by Gasteiger charge is -2.12. The molecule has 0 bridgehead atoms. The van der Waals surface area contributed by atoms with Crippen molar-refractivity contribution in [2.45, 2.75) is 20.2 Å². The van der Waals surface area contributed by atoms with Crippen LogP contribution in [0.1, 0.15) is 6.92 Å². The number of benzene rings is 1. The third-order valence-corrected chi connectivity index (χ3v) is 2.99. The molecule has 0 aliphatic heterocycles. The molecule has 0 saturated heterocycles. The summed E-state index contributed by atoms with van der Waals surface area (Å²) in [6.07, 6.45) is 0. The van der Waals surface area contributed by atoms with Gasteiger partial charge in [0.25, 0.3) is 11.2 Å². The van der Waals surface area contributed by atoms with Crippen LogP contribution in [-0.4, -0.2) is 21.2 Å². The standard InChI is InChI=1S/C12H13N3O5/c1-3-13-11(16)9-6-8(15(18)19)4-5-10(9)14(7-20-2)12(13)17/h4-6H,3,7H2,1-2H3. The average Bonchev–Trinajstić information content (AvgIpc) is 2.43. The van der Waals surface area contributed by atoms with Crippen LogP contribution in [0.2, 0.25) is 0 Å². The number of rotatable bonds is 4. The third kappa shape index (κ3) is 2.10. The Morgan fingerprint density at radius 1 is 1.30 bits per heavy atom. The van der Waals surface area contributed by atoms with Gasteiger partial charge in [-0.25, -0.2) is 4.79 Å². The molecule has 106 valence electrons. The number of nitro benzene ring substituents is 1. The van der Waals surface area contributed by atoms with Crippen LogP contribution in [0.4, 0.5) is 5.69 Å². The molecule has 8 nitrogen and oxygen atoms in total. The smallest absolute Gasteiger partial charge is 0.333 e. The lowest BCUT2D eigenvalue weighted by molar-refractivity contribution is -0.384. The Kier molecular flexibility index (Phi) is 3.66. The van der Waals surface area contributed by atoms with Crippen molar-refractivity contribution in [2.24, 2.45) is 0 Å². The summed E-state index contributed by atoms with van der Waals surface area (Å²) < 4.78 is 7.23. The normalized spacial score (nSPS) is 10.9. The Morgan fingerprint density at radius 2 is 2.00 bits per heavy atom. The topological polar surface area (TPSA) is 96.4 Å². The van der Waals surface area contributed by atoms with E-state index in [9.17, 15) is 19.7 Å². The second-order valence-electron chi connectivity index (χ2n) is 4.14. The predicted molar refractivity (Wildman–Crippen MR) is 71.8 cm³/mol. The number of nitrogens with zero attached hydrogens (tertiary/aromatic N) is 3. The minimum atomic E-state index is -0.582. The summed E-state index contributed by atoms with van der Waals surface area (Å²) in [5.74, 6) is 0. The lowest BCUT2D eigenvalue weighted by Crippen LogP contribution is -2.39. The number of nitro groups is 1. The molecular formula is C12H13N3O5. The van der Waals surface area contributed by atoms with Gasteiger partial charge in [-0.3, -0.25) is 24.0 Å². The summed E-state index contributed by atoms with van der Waals surface area (Å²) in [5, 5.41) is 10.9. The molecule has 0 fully saturated rings. The molecule has 0 saturated carbocycles. The van der Waals surface area contributed by atoms with Crippen LogP contribution in [-0.2, 0) is 18.0 Å². The summed E-state index contributed by atoms with van der Waals surface area (Å²) in [4.78, 5) is 34.6. The van der Waals surface area contributed by atoms with Crippen LogP contribution < -0.4 is 11.2 Å². The lowest BCUT2D eigenvalue weighted by atomic mass is 10.2. The number of aromatic nitrogens is 2. The highest BCUT2D eigenvalue weighted by Gasteiger charge is 2.15. The van der Waals surface area contributed by atoms with Crippen LogP contribution in [0.15, 0.2) is 27.8 Å². The van der Waals surface area contributed by atoms with E-state index in [4.69, 9.17) is 4.74 Å². The van der Waals surface area contributed by atoms with Gasteiger partial charge in [-0.15, -0.1) is 0 Å². The molecule has 1 aromatic carbocycles. The molecule has 20 heavy (non-hydrogen) atoms. The first-order chi connectivity index (χ1) is 9.51. The maximum Gasteiger partial charge on any atom is 0.333 e. The Hall–Kier alpha value is -2.48. The quantitative estimate of drug-likeness (QED) is 0.606. The largest absolute Gasteiger partial charge is 0.364 e. The van der Waals surface area contributed by atoms with Crippen molar-refractivity contribution in [3.8, 4) is 0 Å². The number of non-ortho nitro benzene ring substituents is 1. The fraction of sp³-hybridized carbons (Fsp3) is 0.333. The zero-order valence-electron chi connectivity index (χ0n) is 11.0. The molecule has 0 radical (unpaired) electrons. The molecule has 0 aliphatic rings. The Labute approximate surface area is 113 Å². The fourth-order valence-corrected chi connectivity index (χ4v) is 2.06. The second-order valence-corrected chi connectivity index (χ2v) is 4.14. The van der Waals surface area contributed by atoms with E-state index >= 15 is 0 Å². The molecule has 0 atom stereocenters. The maximum absolute atomic E-state index is 12.2. The average molecular weight is 279 g/mol. The van der Waals surface area contributed by atoms with E-state index in [0.29, 0.717) is 5.52 Å². The first-order valence-corrected chi connectivity index (χ1v) is 5.92. The number of ether oxygens (including phenoxy) is 1. The minimum absolute atomic E-state index is 0.0343. The molecular weight excluding hydrogens is 266 g/mol. The van der Waals surface area contributed by atoms with Crippen molar-refractivity contribution in [2.75, 3.05) is 7.11 Å². The Balaban J connectivity index is 2.94. The Morgan fingerprint density at radius 3 is 2.55 bits per heavy atom. The zero-order chi connectivity index (χ0) is 14.9. The van der Waals surface area contributed by atoms with E-state index in [1.165, 1.54) is 29.9 Å². The van der Waals surface area contributed by atoms with Gasteiger partial charge in [0.1, 0.15) is 6.73 Å². The van der Waals surface area contributed by atoms with Crippen molar-refractivity contribution in [3.05, 3.63) is 49.2 Å². The maximum atomic E-state index is 12.2. The highest BCUT2D eigenvalue weighted by molar-refractivity contribution is 5.80. The van der Waals surface area contributed by atoms with Gasteiger partial charge in [-0.05, 0) is 13.0 Å². The van der Waals surface area contributed by atoms with Gasteiger partial charge < -0.3 is 4.74 Å². The zero-order valence-corrected chi connectivity index (χ0v) is 11.0. The molecule has 0 amide bonds. The van der Waals surface area contributed by atoms with E-state index in [1.54, 1.807) is 6.92 Å². The van der Waals surface area contributed by atoms with Gasteiger partial charge in [-0.1, -0.05) is 0 Å². The van der Waals surface area contributed by atoms with Gasteiger partial charge in [0.05, 0.1) is 15.8 Å². The van der Waals surface area contributed by atoms with Gasteiger partial charge in [0, 0.05) is 25.8 Å². The summed E-state index contributed by atoms with van der Waals surface area (Å²) in [7, 11) is 1.42. The first-order valence-electron chi connectivity index (χ1n) is 5.92. The predicted octanol–water partition coefficient (Wildman–Crippen LogP) is 0.695. The molecule has 1 heterocycles. The minimum Gasteiger partial charge on any atom is -0.364 e. The van der Waals surface area contributed by atoms with Crippen LogP contribution in [0.25, 0.3) is 10.9 Å². The second kappa shape index (κ2) is 5.25. The molecule has 0 aliphatic carbocycles. The third-order valence-electron chi connectivity index (χ3n) is 2.99. The van der Waals surface area contributed by atoms with Crippen molar-refractivity contribution in [3.63, 3.8) is 0 Å². The molecule has 1 aromatic heterocycles. The fourth-order valence-electron chi connectivity index (χ4n) is 2.06. The molecule has 2 rings (SSSR count). The molecule has 0 unspecified atom stereocenters. The van der Waals surface area contributed by atoms with Crippen molar-refractivity contribution >= 4 is 16.6 Å². The number of fused-ring (bicyclic) bond motifs is 1. The number of methoxy groups -OCH3 is 1. The van der Waals surface area contributed by atoms with E-state index in [0.717, 1.165) is 4.57 Å². The van der Waals surface area contributed by atoms with Crippen LogP contribution >= 0.6 is 0 Å². The summed E-state index contributed by atoms with van der Waals surface area (Å²) in [6, 6.07) is 3.81. The molecule has 8 heteroatoms. The SMILES string of the molecule is CCn1c(=O)c2cc([N+](=O)[O-])ccc2n(COC)c1=O. The van der Waals surface area contributed by atoms with E-state index < -0.39 is 16.2 Å². The van der Waals surface area contributed by atoms with Gasteiger partial charge >= 0.3 is 5.69 Å². The van der Waals surface area contributed by atoms with Crippen LogP contribution in [0.5, 0.6) is 0 Å². The van der Waals surface area contributed by atoms with Gasteiger partial charge in [0.15, 0.2) is 0 Å². The summed E-state index contributed by atoms with van der Waals surface area (Å²) >= 11 is 0. The number of hydrogen-bond donors (Lipinski definition) is 0. The van der Waals surface area contributed by atoms with Gasteiger partial charge in [-0.2, -0.15) is 0 Å². The summed E-state index contributed by atoms with van der Waals surface area (Å²) in [6.45, 7) is 1.80. The van der Waals surface area contributed by atoms with E-state index in [1.807, 2.05) is 0 Å². The molecule has 2 aromatic rings. The van der Waals surface area contributed by atoms with E-state index in [2.05, 4.69) is 0 Å². The Bertz CT molecular complexity index is 790. The summed E-state index contributed by atoms with van der Waals surface area (Å²) in [5.41, 5.74) is -0.915. The van der Waals surface area contributed by atoms with Crippen LogP contribution in [0, 0.1) is 10.1 Å². The highest BCUT2D eigenvalue weighted by Crippen LogP contribution is 2.17. The molecule has 0 N–H and O–H groups in total. The van der Waals surface area contributed by atoms with Crippen molar-refractivity contribution in [1.82, 2.24) is 9.13 Å². The van der Waals surface area contributed by atoms with E-state index in [-0.39, 0.29) is 24.3 Å². The van der Waals surface area contributed by atoms with Gasteiger partial charge in [0.2, 0.25) is 0 Å². The number of hydrogen-bond acceptors (Lipinski definition) is 5. The highest BCUT2D eigenvalue weighted by atomic mass is 16.6. The monoisotopic (exact) mass is 279 g/mol. The van der Waals surface area contributed by atoms with Crippen molar-refractivity contribution < 1.29 is 9.66 Å². The molecule has 0 spiro atoms. The van der Waals surface area contributed by atoms with Crippen LogP contribution in [0.3, 0.4) is 0 Å².